The monoisotopic (exact) mass is 444 g/mol. The van der Waals surface area contributed by atoms with Gasteiger partial charge in [-0.25, -0.2) is 12.9 Å². The first kappa shape index (κ1) is 32.3. The van der Waals surface area contributed by atoms with Gasteiger partial charge in [0.1, 0.15) is 17.9 Å². The van der Waals surface area contributed by atoms with E-state index in [-0.39, 0.29) is 17.4 Å². The molecule has 0 radical (unpaired) electrons. The van der Waals surface area contributed by atoms with Crippen LogP contribution in [0.1, 0.15) is 20.8 Å². The second kappa shape index (κ2) is 13.7. The number of carboxylic acid groups (broad SMARTS) is 3. The van der Waals surface area contributed by atoms with E-state index in [9.17, 15) is 29.7 Å². The van der Waals surface area contributed by atoms with E-state index in [1.165, 1.54) is 0 Å². The quantitative estimate of drug-likeness (QED) is 0.261. The summed E-state index contributed by atoms with van der Waals surface area (Å²) in [6, 6.07) is 0. The van der Waals surface area contributed by atoms with Gasteiger partial charge in [0.15, 0.2) is 0 Å². The molecule has 144 valence electrons. The van der Waals surface area contributed by atoms with E-state index >= 15 is 0 Å². The molecular formula is C9H12AlCl3O12. The van der Waals surface area contributed by atoms with Gasteiger partial charge in [0.05, 0.1) is 35.6 Å². The Morgan fingerprint density at radius 1 is 0.680 bits per heavy atom. The number of halogens is 3. The molecule has 3 atom stereocenters. The zero-order valence-corrected chi connectivity index (χ0v) is 16.1. The molecule has 0 aliphatic carbocycles. The van der Waals surface area contributed by atoms with Crippen molar-refractivity contribution in [2.45, 2.75) is 38.1 Å². The molecule has 0 aromatic rings. The molecule has 0 rings (SSSR count). The summed E-state index contributed by atoms with van der Waals surface area (Å²) in [6.45, 7) is 2.57. The smallest absolute Gasteiger partial charge is 0.544 e. The Bertz CT molecular complexity index is 366. The van der Waals surface area contributed by atoms with Gasteiger partial charge in [-0.05, 0) is 20.8 Å². The molecule has 0 spiro atoms. The summed E-state index contributed by atoms with van der Waals surface area (Å²) in [5, 5.41) is 54.2. The standard InChI is InChI=1S/3C3H5ClO4.Al/c3*1-3(7,8-4)2(5)6;/h3*7H,1H3,(H,5,6);/q;;;+3/p-3. The molecule has 25 heavy (non-hydrogen) atoms. The molecule has 0 fully saturated rings. The van der Waals surface area contributed by atoms with Crippen molar-refractivity contribution < 1.29 is 57.9 Å². The fraction of sp³-hybridized carbons (Fsp3) is 0.667. The van der Waals surface area contributed by atoms with Gasteiger partial charge in [0, 0.05) is 0 Å². The van der Waals surface area contributed by atoms with Crippen molar-refractivity contribution in [2.24, 2.45) is 0 Å². The Morgan fingerprint density at radius 3 is 0.800 bits per heavy atom. The number of carbonyl (C=O) groups excluding carboxylic acids is 3. The largest absolute Gasteiger partial charge is 3.00 e. The van der Waals surface area contributed by atoms with Gasteiger partial charge in [-0.15, -0.1) is 0 Å². The van der Waals surface area contributed by atoms with Crippen molar-refractivity contribution in [3.05, 3.63) is 0 Å². The molecule has 3 N–H and O–H groups in total. The third kappa shape index (κ3) is 15.5. The average Bonchev–Trinajstić information content (AvgIpc) is 2.47. The fourth-order valence-corrected chi connectivity index (χ4v) is 0.283. The Balaban J connectivity index is -0.000000130. The van der Waals surface area contributed by atoms with Crippen molar-refractivity contribution in [3.63, 3.8) is 0 Å². The van der Waals surface area contributed by atoms with Crippen LogP contribution in [0.15, 0.2) is 0 Å². The fourth-order valence-electron chi connectivity index (χ4n) is 0.0945. The number of hydrogen-bond donors (Lipinski definition) is 3. The van der Waals surface area contributed by atoms with Crippen LogP contribution in [0.4, 0.5) is 0 Å². The van der Waals surface area contributed by atoms with Gasteiger partial charge in [0.2, 0.25) is 17.4 Å². The molecule has 0 saturated carbocycles. The van der Waals surface area contributed by atoms with Crippen molar-refractivity contribution >= 4 is 70.9 Å². The average molecular weight is 446 g/mol. The van der Waals surface area contributed by atoms with E-state index in [2.05, 4.69) is 48.5 Å². The topological polar surface area (TPSA) is 209 Å². The number of hydrogen-bond acceptors (Lipinski definition) is 12. The maximum atomic E-state index is 9.68. The summed E-state index contributed by atoms with van der Waals surface area (Å²) < 4.78 is 10.7. The van der Waals surface area contributed by atoms with Crippen LogP contribution >= 0.6 is 35.6 Å². The molecule has 0 heterocycles. The normalized spacial score (nSPS) is 16.7. The number of aliphatic carboxylic acids is 3. The zero-order valence-electron chi connectivity index (χ0n) is 12.7. The van der Waals surface area contributed by atoms with Crippen molar-refractivity contribution in [3.8, 4) is 0 Å². The summed E-state index contributed by atoms with van der Waals surface area (Å²) in [5.41, 5.74) is 0. The van der Waals surface area contributed by atoms with Crippen LogP contribution in [0.3, 0.4) is 0 Å². The molecule has 12 nitrogen and oxygen atoms in total. The van der Waals surface area contributed by atoms with Crippen LogP contribution in [0, 0.1) is 0 Å². The van der Waals surface area contributed by atoms with E-state index in [4.69, 9.17) is 15.3 Å². The number of carboxylic acids is 3. The Morgan fingerprint density at radius 2 is 0.800 bits per heavy atom. The van der Waals surface area contributed by atoms with Crippen LogP contribution in [0.5, 0.6) is 0 Å². The molecule has 0 aromatic carbocycles. The molecule has 0 bridgehead atoms. The van der Waals surface area contributed by atoms with E-state index in [0.717, 1.165) is 20.8 Å². The predicted molar refractivity (Wildman–Crippen MR) is 73.5 cm³/mol. The first-order chi connectivity index (χ1) is 10.5. The Kier molecular flexibility index (Phi) is 17.7. The van der Waals surface area contributed by atoms with Crippen LogP contribution in [-0.4, -0.2) is 67.9 Å². The molecule has 0 aromatic heterocycles. The first-order valence-electron chi connectivity index (χ1n) is 5.22. The third-order valence-electron chi connectivity index (χ3n) is 1.59. The molecule has 3 unspecified atom stereocenters. The summed E-state index contributed by atoms with van der Waals surface area (Å²) in [5.74, 6) is -12.5. The molecule has 0 amide bonds. The van der Waals surface area contributed by atoms with Crippen LogP contribution in [-0.2, 0) is 27.3 Å². The van der Waals surface area contributed by atoms with Gasteiger partial charge in [-0.2, -0.15) is 0 Å². The first-order valence-corrected chi connectivity index (χ1v) is 6.15. The minimum absolute atomic E-state index is 0. The minimum Gasteiger partial charge on any atom is -0.544 e. The second-order valence-electron chi connectivity index (χ2n) is 4.04. The van der Waals surface area contributed by atoms with Crippen molar-refractivity contribution in [1.29, 1.82) is 0 Å². The second-order valence-corrected chi connectivity index (χ2v) is 4.51. The minimum atomic E-state index is -2.39. The molecule has 0 aliphatic rings. The van der Waals surface area contributed by atoms with Gasteiger partial charge in [-0.3, -0.25) is 0 Å². The summed E-state index contributed by atoms with van der Waals surface area (Å²) in [4.78, 5) is 29.0. The van der Waals surface area contributed by atoms with Crippen molar-refractivity contribution in [2.75, 3.05) is 0 Å². The van der Waals surface area contributed by atoms with E-state index in [1.54, 1.807) is 0 Å². The van der Waals surface area contributed by atoms with E-state index in [0.29, 0.717) is 0 Å². The molecular weight excluding hydrogens is 433 g/mol. The van der Waals surface area contributed by atoms with Crippen LogP contribution in [0.25, 0.3) is 0 Å². The maximum absolute atomic E-state index is 9.68. The van der Waals surface area contributed by atoms with Gasteiger partial charge >= 0.3 is 17.4 Å². The van der Waals surface area contributed by atoms with Gasteiger partial charge < -0.3 is 45.0 Å². The third-order valence-corrected chi connectivity index (χ3v) is 2.49. The number of carbonyl (C=O) groups is 3. The Hall–Kier alpha value is -0.428. The zero-order chi connectivity index (χ0) is 20.4. The van der Waals surface area contributed by atoms with E-state index in [1.807, 2.05) is 0 Å². The molecule has 0 aliphatic heterocycles. The number of rotatable bonds is 6. The number of aliphatic hydroxyl groups is 3. The summed E-state index contributed by atoms with van der Waals surface area (Å²) in [6.07, 6.45) is 0. The van der Waals surface area contributed by atoms with Crippen LogP contribution < -0.4 is 15.3 Å². The van der Waals surface area contributed by atoms with Crippen LogP contribution in [0.2, 0.25) is 0 Å². The predicted octanol–water partition coefficient (Wildman–Crippen LogP) is -4.54. The van der Waals surface area contributed by atoms with Gasteiger partial charge in [-0.1, -0.05) is 0 Å². The SMILES string of the molecule is CC(O)(OCl)C(=O)[O-].CC(O)(OCl)C(=O)[O-].CC(O)(OCl)C(=O)[O-].[Al+3]. The Labute approximate surface area is 167 Å². The molecule has 16 heteroatoms. The maximum Gasteiger partial charge on any atom is 3.00 e. The van der Waals surface area contributed by atoms with Gasteiger partial charge in [0.25, 0.3) is 0 Å². The van der Waals surface area contributed by atoms with Crippen molar-refractivity contribution in [1.82, 2.24) is 0 Å². The molecule has 0 saturated heterocycles. The summed E-state index contributed by atoms with van der Waals surface area (Å²) in [7, 11) is 0. The summed E-state index contributed by atoms with van der Waals surface area (Å²) >= 11 is 13.6. The van der Waals surface area contributed by atoms with E-state index < -0.39 is 35.3 Å².